The third-order valence-electron chi connectivity index (χ3n) is 4.58. The normalized spacial score (nSPS) is 19.9. The summed E-state index contributed by atoms with van der Waals surface area (Å²) in [5, 5.41) is 0. The second-order valence-electron chi connectivity index (χ2n) is 6.04. The average Bonchev–Trinajstić information content (AvgIpc) is 2.89. The second-order valence-corrected chi connectivity index (χ2v) is 6.04. The van der Waals surface area contributed by atoms with Gasteiger partial charge in [0.2, 0.25) is 0 Å². The van der Waals surface area contributed by atoms with Gasteiger partial charge in [0.15, 0.2) is 0 Å². The monoisotopic (exact) mass is 275 g/mol. The lowest BCUT2D eigenvalue weighted by molar-refractivity contribution is 0.119. The Labute approximate surface area is 121 Å². The van der Waals surface area contributed by atoms with Gasteiger partial charge in [0.1, 0.15) is 11.5 Å². The Bertz CT molecular complexity index is 462. The fourth-order valence-corrected chi connectivity index (χ4v) is 3.12. The molecule has 3 nitrogen and oxygen atoms in total. The Balaban J connectivity index is 1.77. The fourth-order valence-electron chi connectivity index (χ4n) is 3.12. The molecule has 3 heteroatoms. The largest absolute Gasteiger partial charge is 0.496 e. The van der Waals surface area contributed by atoms with Crippen LogP contribution in [0.2, 0.25) is 0 Å². The second kappa shape index (κ2) is 6.04. The Morgan fingerprint density at radius 2 is 1.90 bits per heavy atom. The molecule has 0 bridgehead atoms. The first-order valence-corrected chi connectivity index (χ1v) is 7.83. The van der Waals surface area contributed by atoms with E-state index < -0.39 is 0 Å². The molecule has 110 valence electrons. The summed E-state index contributed by atoms with van der Waals surface area (Å²) in [6.45, 7) is 5.53. The lowest BCUT2D eigenvalue weighted by atomic mass is 9.96. The van der Waals surface area contributed by atoms with Crippen molar-refractivity contribution in [2.45, 2.75) is 51.7 Å². The van der Waals surface area contributed by atoms with Gasteiger partial charge in [-0.3, -0.25) is 4.90 Å². The van der Waals surface area contributed by atoms with E-state index >= 15 is 0 Å². The van der Waals surface area contributed by atoms with Crippen LogP contribution in [0, 0.1) is 6.92 Å². The number of hydrogen-bond acceptors (Lipinski definition) is 3. The molecule has 0 radical (unpaired) electrons. The molecule has 0 atom stereocenters. The van der Waals surface area contributed by atoms with Crippen LogP contribution >= 0.6 is 0 Å². The Morgan fingerprint density at radius 3 is 2.50 bits per heavy atom. The van der Waals surface area contributed by atoms with Crippen LogP contribution in [-0.4, -0.2) is 31.2 Å². The van der Waals surface area contributed by atoms with E-state index in [1.165, 1.54) is 50.8 Å². The van der Waals surface area contributed by atoms with Crippen LogP contribution in [0.25, 0.3) is 0 Å². The van der Waals surface area contributed by atoms with Gasteiger partial charge in [-0.15, -0.1) is 0 Å². The molecule has 20 heavy (non-hydrogen) atoms. The standard InChI is InChI=1S/C17H25NO2/c1-13-16(20-15-6-5-7-15)9-8-14(17(13)19-2)12-18-10-3-4-11-18/h8-9,15H,3-7,10-12H2,1-2H3. The first-order chi connectivity index (χ1) is 9.78. The molecule has 0 spiro atoms. The molecule has 0 amide bonds. The Kier molecular flexibility index (Phi) is 4.16. The summed E-state index contributed by atoms with van der Waals surface area (Å²) in [6.07, 6.45) is 6.75. The molecule has 3 rings (SSSR count). The van der Waals surface area contributed by atoms with E-state index in [2.05, 4.69) is 24.0 Å². The van der Waals surface area contributed by atoms with Crippen LogP contribution < -0.4 is 9.47 Å². The summed E-state index contributed by atoms with van der Waals surface area (Å²) in [6, 6.07) is 4.31. The molecule has 0 unspecified atom stereocenters. The van der Waals surface area contributed by atoms with E-state index in [1.807, 2.05) is 0 Å². The first-order valence-electron chi connectivity index (χ1n) is 7.83. The first kappa shape index (κ1) is 13.7. The third kappa shape index (κ3) is 2.78. The molecule has 1 aromatic rings. The molecule has 1 saturated heterocycles. The van der Waals surface area contributed by atoms with E-state index in [1.54, 1.807) is 7.11 Å². The molecular weight excluding hydrogens is 250 g/mol. The summed E-state index contributed by atoms with van der Waals surface area (Å²) in [5.41, 5.74) is 2.43. The van der Waals surface area contributed by atoms with Gasteiger partial charge in [0.05, 0.1) is 13.2 Å². The van der Waals surface area contributed by atoms with Gasteiger partial charge in [-0.2, -0.15) is 0 Å². The van der Waals surface area contributed by atoms with Crippen LogP contribution in [0.1, 0.15) is 43.2 Å². The van der Waals surface area contributed by atoms with E-state index in [-0.39, 0.29) is 0 Å². The highest BCUT2D eigenvalue weighted by Gasteiger charge is 2.22. The summed E-state index contributed by atoms with van der Waals surface area (Å²) >= 11 is 0. The third-order valence-corrected chi connectivity index (χ3v) is 4.58. The van der Waals surface area contributed by atoms with Gasteiger partial charge >= 0.3 is 0 Å². The number of ether oxygens (including phenoxy) is 2. The number of rotatable bonds is 5. The van der Waals surface area contributed by atoms with Crippen molar-refractivity contribution in [1.82, 2.24) is 4.90 Å². The van der Waals surface area contributed by atoms with Crippen molar-refractivity contribution >= 4 is 0 Å². The van der Waals surface area contributed by atoms with Gasteiger partial charge in [-0.05, 0) is 58.2 Å². The molecule has 1 saturated carbocycles. The van der Waals surface area contributed by atoms with Crippen LogP contribution in [0.3, 0.4) is 0 Å². The zero-order valence-electron chi connectivity index (χ0n) is 12.7. The van der Waals surface area contributed by atoms with Crippen molar-refractivity contribution in [3.8, 4) is 11.5 Å². The van der Waals surface area contributed by atoms with Gasteiger partial charge in [0, 0.05) is 17.7 Å². The van der Waals surface area contributed by atoms with Gasteiger partial charge in [0.25, 0.3) is 0 Å². The minimum Gasteiger partial charge on any atom is -0.496 e. The van der Waals surface area contributed by atoms with Crippen LogP contribution in [0.5, 0.6) is 11.5 Å². The average molecular weight is 275 g/mol. The topological polar surface area (TPSA) is 21.7 Å². The van der Waals surface area contributed by atoms with Crippen molar-refractivity contribution in [2.24, 2.45) is 0 Å². The molecule has 0 aromatic heterocycles. The molecule has 2 fully saturated rings. The predicted molar refractivity (Wildman–Crippen MR) is 80.5 cm³/mol. The summed E-state index contributed by atoms with van der Waals surface area (Å²) < 4.78 is 11.7. The number of hydrogen-bond donors (Lipinski definition) is 0. The van der Waals surface area contributed by atoms with Crippen molar-refractivity contribution in [1.29, 1.82) is 0 Å². The Hall–Kier alpha value is -1.22. The Morgan fingerprint density at radius 1 is 1.15 bits per heavy atom. The number of nitrogens with zero attached hydrogens (tertiary/aromatic N) is 1. The highest BCUT2D eigenvalue weighted by atomic mass is 16.5. The molecule has 1 aliphatic heterocycles. The lowest BCUT2D eigenvalue weighted by Crippen LogP contribution is -2.25. The smallest absolute Gasteiger partial charge is 0.129 e. The predicted octanol–water partition coefficient (Wildman–Crippen LogP) is 3.53. The fraction of sp³-hybridized carbons (Fsp3) is 0.647. The summed E-state index contributed by atoms with van der Waals surface area (Å²) in [4.78, 5) is 2.50. The van der Waals surface area contributed by atoms with Crippen LogP contribution in [0.4, 0.5) is 0 Å². The van der Waals surface area contributed by atoms with E-state index in [0.717, 1.165) is 23.6 Å². The quantitative estimate of drug-likeness (QED) is 0.820. The lowest BCUT2D eigenvalue weighted by Gasteiger charge is -2.28. The molecule has 0 N–H and O–H groups in total. The highest BCUT2D eigenvalue weighted by molar-refractivity contribution is 5.49. The summed E-state index contributed by atoms with van der Waals surface area (Å²) in [5.74, 6) is 2.01. The SMILES string of the molecule is COc1c(CN2CCCC2)ccc(OC2CCC2)c1C. The highest BCUT2D eigenvalue weighted by Crippen LogP contribution is 2.35. The number of methoxy groups -OCH3 is 1. The van der Waals surface area contributed by atoms with Crippen molar-refractivity contribution in [2.75, 3.05) is 20.2 Å². The maximum absolute atomic E-state index is 6.05. The molecule has 1 aromatic carbocycles. The van der Waals surface area contributed by atoms with Gasteiger partial charge in [-0.25, -0.2) is 0 Å². The van der Waals surface area contributed by atoms with Gasteiger partial charge in [-0.1, -0.05) is 6.07 Å². The molecule has 2 aliphatic rings. The van der Waals surface area contributed by atoms with Crippen LogP contribution in [-0.2, 0) is 6.54 Å². The zero-order valence-corrected chi connectivity index (χ0v) is 12.7. The van der Waals surface area contributed by atoms with E-state index in [9.17, 15) is 0 Å². The number of likely N-dealkylation sites (tertiary alicyclic amines) is 1. The molecular formula is C17H25NO2. The summed E-state index contributed by atoms with van der Waals surface area (Å²) in [7, 11) is 1.77. The maximum Gasteiger partial charge on any atom is 0.129 e. The maximum atomic E-state index is 6.05. The minimum absolute atomic E-state index is 0.419. The van der Waals surface area contributed by atoms with E-state index in [0.29, 0.717) is 6.10 Å². The minimum atomic E-state index is 0.419. The van der Waals surface area contributed by atoms with Crippen molar-refractivity contribution in [3.05, 3.63) is 23.3 Å². The molecule has 1 heterocycles. The van der Waals surface area contributed by atoms with Crippen LogP contribution in [0.15, 0.2) is 12.1 Å². The number of benzene rings is 1. The van der Waals surface area contributed by atoms with Crippen molar-refractivity contribution in [3.63, 3.8) is 0 Å². The zero-order chi connectivity index (χ0) is 13.9. The molecule has 1 aliphatic carbocycles. The van der Waals surface area contributed by atoms with Gasteiger partial charge < -0.3 is 9.47 Å². The van der Waals surface area contributed by atoms with E-state index in [4.69, 9.17) is 9.47 Å². The van der Waals surface area contributed by atoms with Crippen molar-refractivity contribution < 1.29 is 9.47 Å².